The van der Waals surface area contributed by atoms with Crippen LogP contribution in [0.15, 0.2) is 109 Å². The highest BCUT2D eigenvalue weighted by Gasteiger charge is 2.21. The molecule has 3 heterocycles. The molecule has 0 N–H and O–H groups in total. The summed E-state index contributed by atoms with van der Waals surface area (Å²) >= 11 is 0. The first-order chi connectivity index (χ1) is 16.3. The number of fused-ring (bicyclic) bond motifs is 7. The lowest BCUT2D eigenvalue weighted by atomic mass is 10.1. The summed E-state index contributed by atoms with van der Waals surface area (Å²) in [6.45, 7) is 0. The number of pyridine rings is 1. The van der Waals surface area contributed by atoms with Crippen molar-refractivity contribution < 1.29 is 4.39 Å². The normalized spacial score (nSPS) is 11.8. The molecule has 0 fully saturated rings. The van der Waals surface area contributed by atoms with Crippen molar-refractivity contribution in [2.45, 2.75) is 0 Å². The summed E-state index contributed by atoms with van der Waals surface area (Å²) in [5.74, 6) is -0.266. The van der Waals surface area contributed by atoms with Crippen LogP contribution in [-0.4, -0.2) is 14.1 Å². The van der Waals surface area contributed by atoms with E-state index < -0.39 is 0 Å². The van der Waals surface area contributed by atoms with Gasteiger partial charge in [-0.25, -0.2) is 9.37 Å². The molecule has 0 saturated carbocycles. The van der Waals surface area contributed by atoms with Crippen molar-refractivity contribution in [1.82, 2.24) is 14.1 Å². The van der Waals surface area contributed by atoms with Crippen LogP contribution in [0.5, 0.6) is 0 Å². The second kappa shape index (κ2) is 6.78. The van der Waals surface area contributed by atoms with E-state index in [1.165, 1.54) is 6.07 Å². The van der Waals surface area contributed by atoms with Crippen LogP contribution in [0.3, 0.4) is 0 Å². The summed E-state index contributed by atoms with van der Waals surface area (Å²) in [7, 11) is 0. The van der Waals surface area contributed by atoms with E-state index in [1.807, 2.05) is 30.5 Å². The van der Waals surface area contributed by atoms with Gasteiger partial charge in [0.25, 0.3) is 0 Å². The third kappa shape index (κ3) is 2.52. The fourth-order valence-electron chi connectivity index (χ4n) is 5.07. The van der Waals surface area contributed by atoms with Crippen LogP contribution < -0.4 is 0 Å². The standard InChI is InChI=1S/C29H18FN3/c30-19-9-8-12-21(17-19)33-26-16-7-5-14-23(26)27-28-24(18-31-29(27)33)22-13-4-6-15-25(22)32(28)20-10-2-1-3-11-20/h1-18H. The highest BCUT2D eigenvalue weighted by Crippen LogP contribution is 2.40. The Bertz CT molecular complexity index is 1830. The Kier molecular flexibility index (Phi) is 3.73. The maximum absolute atomic E-state index is 14.2. The Balaban J connectivity index is 1.76. The zero-order valence-electron chi connectivity index (χ0n) is 17.6. The number of halogens is 1. The molecule has 3 nitrogen and oxygen atoms in total. The lowest BCUT2D eigenvalue weighted by Gasteiger charge is -2.09. The fourth-order valence-corrected chi connectivity index (χ4v) is 5.07. The average Bonchev–Trinajstić information content (AvgIpc) is 3.37. The number of hydrogen-bond donors (Lipinski definition) is 0. The predicted molar refractivity (Wildman–Crippen MR) is 133 cm³/mol. The summed E-state index contributed by atoms with van der Waals surface area (Å²) in [6, 6.07) is 33.8. The average molecular weight is 427 g/mol. The fraction of sp³-hybridized carbons (Fsp3) is 0. The van der Waals surface area contributed by atoms with Gasteiger partial charge in [0.05, 0.1) is 27.6 Å². The molecular weight excluding hydrogens is 409 g/mol. The van der Waals surface area contributed by atoms with E-state index in [9.17, 15) is 4.39 Å². The monoisotopic (exact) mass is 427 g/mol. The van der Waals surface area contributed by atoms with Crippen LogP contribution >= 0.6 is 0 Å². The summed E-state index contributed by atoms with van der Waals surface area (Å²) in [6.07, 6.45) is 1.95. The molecule has 0 bridgehead atoms. The molecule has 33 heavy (non-hydrogen) atoms. The molecule has 0 unspecified atom stereocenters. The second-order valence-electron chi connectivity index (χ2n) is 8.24. The third-order valence-corrected chi connectivity index (χ3v) is 6.40. The van der Waals surface area contributed by atoms with Crippen LogP contribution in [-0.2, 0) is 0 Å². The van der Waals surface area contributed by atoms with E-state index in [0.29, 0.717) is 0 Å². The molecule has 7 aromatic rings. The quantitative estimate of drug-likeness (QED) is 0.282. The summed E-state index contributed by atoms with van der Waals surface area (Å²) in [5.41, 5.74) is 5.92. The number of rotatable bonds is 2. The summed E-state index contributed by atoms with van der Waals surface area (Å²) in [5, 5.41) is 4.42. The molecular formula is C29H18FN3. The first-order valence-corrected chi connectivity index (χ1v) is 10.9. The minimum absolute atomic E-state index is 0.266. The summed E-state index contributed by atoms with van der Waals surface area (Å²) in [4.78, 5) is 4.94. The van der Waals surface area contributed by atoms with E-state index in [1.54, 1.807) is 12.1 Å². The van der Waals surface area contributed by atoms with Crippen LogP contribution in [0, 0.1) is 5.82 Å². The third-order valence-electron chi connectivity index (χ3n) is 6.40. The zero-order valence-corrected chi connectivity index (χ0v) is 17.6. The van der Waals surface area contributed by atoms with Crippen molar-refractivity contribution in [3.8, 4) is 11.4 Å². The zero-order chi connectivity index (χ0) is 21.9. The molecule has 0 aliphatic heterocycles. The van der Waals surface area contributed by atoms with E-state index in [-0.39, 0.29) is 5.82 Å². The SMILES string of the molecule is Fc1cccc(-n2c3ccccc3c3c2ncc2c4ccccc4n(-c4ccccc4)c23)c1. The summed E-state index contributed by atoms with van der Waals surface area (Å²) < 4.78 is 18.6. The van der Waals surface area contributed by atoms with E-state index in [2.05, 4.69) is 69.8 Å². The van der Waals surface area contributed by atoms with E-state index >= 15 is 0 Å². The lowest BCUT2D eigenvalue weighted by molar-refractivity contribution is 0.627. The van der Waals surface area contributed by atoms with E-state index in [0.717, 1.165) is 55.1 Å². The minimum Gasteiger partial charge on any atom is -0.308 e. The molecule has 4 aromatic carbocycles. The van der Waals surface area contributed by atoms with Gasteiger partial charge in [0.1, 0.15) is 11.5 Å². The highest BCUT2D eigenvalue weighted by molar-refractivity contribution is 6.24. The van der Waals surface area contributed by atoms with Gasteiger partial charge in [-0.3, -0.25) is 4.57 Å². The maximum atomic E-state index is 14.2. The maximum Gasteiger partial charge on any atom is 0.147 e. The number of para-hydroxylation sites is 3. The van der Waals surface area contributed by atoms with Crippen LogP contribution in [0.25, 0.3) is 55.1 Å². The minimum atomic E-state index is -0.266. The van der Waals surface area contributed by atoms with E-state index in [4.69, 9.17) is 4.98 Å². The van der Waals surface area contributed by atoms with Gasteiger partial charge in [-0.2, -0.15) is 0 Å². The molecule has 0 amide bonds. The Labute approximate surface area is 188 Å². The lowest BCUT2D eigenvalue weighted by Crippen LogP contribution is -1.97. The van der Waals surface area contributed by atoms with Crippen molar-refractivity contribution in [2.24, 2.45) is 0 Å². The van der Waals surface area contributed by atoms with Crippen LogP contribution in [0.1, 0.15) is 0 Å². The molecule has 7 rings (SSSR count). The van der Waals surface area contributed by atoms with Gasteiger partial charge in [-0.15, -0.1) is 0 Å². The number of aromatic nitrogens is 3. The van der Waals surface area contributed by atoms with Gasteiger partial charge in [-0.1, -0.05) is 60.7 Å². The molecule has 3 aromatic heterocycles. The Morgan fingerprint density at radius 3 is 2.03 bits per heavy atom. The Morgan fingerprint density at radius 2 is 1.24 bits per heavy atom. The molecule has 0 spiro atoms. The van der Waals surface area contributed by atoms with Crippen LogP contribution in [0.2, 0.25) is 0 Å². The van der Waals surface area contributed by atoms with Crippen molar-refractivity contribution in [3.05, 3.63) is 115 Å². The van der Waals surface area contributed by atoms with Gasteiger partial charge in [-0.05, 0) is 42.5 Å². The Hall–Kier alpha value is -4.44. The van der Waals surface area contributed by atoms with Gasteiger partial charge >= 0.3 is 0 Å². The van der Waals surface area contributed by atoms with Crippen molar-refractivity contribution >= 4 is 43.7 Å². The van der Waals surface area contributed by atoms with Crippen molar-refractivity contribution in [3.63, 3.8) is 0 Å². The Morgan fingerprint density at radius 1 is 0.576 bits per heavy atom. The largest absolute Gasteiger partial charge is 0.308 e. The number of nitrogens with zero attached hydrogens (tertiary/aromatic N) is 3. The van der Waals surface area contributed by atoms with Crippen molar-refractivity contribution in [1.29, 1.82) is 0 Å². The molecule has 0 atom stereocenters. The number of hydrogen-bond acceptors (Lipinski definition) is 1. The van der Waals surface area contributed by atoms with Gasteiger partial charge in [0, 0.05) is 28.0 Å². The molecule has 0 aliphatic rings. The van der Waals surface area contributed by atoms with Crippen molar-refractivity contribution in [2.75, 3.05) is 0 Å². The highest BCUT2D eigenvalue weighted by atomic mass is 19.1. The van der Waals surface area contributed by atoms with Crippen LogP contribution in [0.4, 0.5) is 4.39 Å². The van der Waals surface area contributed by atoms with Gasteiger partial charge in [0.15, 0.2) is 0 Å². The molecule has 0 saturated heterocycles. The molecule has 0 aliphatic carbocycles. The van der Waals surface area contributed by atoms with Gasteiger partial charge in [0.2, 0.25) is 0 Å². The first-order valence-electron chi connectivity index (χ1n) is 10.9. The first kappa shape index (κ1) is 18.2. The molecule has 0 radical (unpaired) electrons. The topological polar surface area (TPSA) is 22.8 Å². The number of benzene rings is 4. The smallest absolute Gasteiger partial charge is 0.147 e. The molecule has 156 valence electrons. The second-order valence-corrected chi connectivity index (χ2v) is 8.24. The predicted octanol–water partition coefficient (Wildman–Crippen LogP) is 7.41. The van der Waals surface area contributed by atoms with Gasteiger partial charge < -0.3 is 4.57 Å². The molecule has 4 heteroatoms.